The van der Waals surface area contributed by atoms with Gasteiger partial charge in [0.1, 0.15) is 12.4 Å². The van der Waals surface area contributed by atoms with E-state index in [1.54, 1.807) is 6.07 Å². The summed E-state index contributed by atoms with van der Waals surface area (Å²) in [5.74, 6) is 0.840. The van der Waals surface area contributed by atoms with Gasteiger partial charge in [0.15, 0.2) is 0 Å². The minimum Gasteiger partial charge on any atom is -0.488 e. The van der Waals surface area contributed by atoms with Crippen LogP contribution in [0.25, 0.3) is 0 Å². The summed E-state index contributed by atoms with van der Waals surface area (Å²) in [4.78, 5) is 0. The number of nitriles is 1. The number of aryl methyl sites for hydroxylation is 1. The molecular weight excluding hydrogens is 236 g/mol. The van der Waals surface area contributed by atoms with Crippen molar-refractivity contribution >= 4 is 0 Å². The van der Waals surface area contributed by atoms with Crippen LogP contribution in [0.2, 0.25) is 0 Å². The van der Waals surface area contributed by atoms with E-state index in [2.05, 4.69) is 6.07 Å². The molecule has 19 heavy (non-hydrogen) atoms. The highest BCUT2D eigenvalue weighted by Crippen LogP contribution is 2.24. The zero-order valence-electron chi connectivity index (χ0n) is 10.9. The predicted molar refractivity (Wildman–Crippen MR) is 74.6 cm³/mol. The SMILES string of the molecule is Cc1cccc(CN)c1OCc1cccc(C#N)c1. The topological polar surface area (TPSA) is 59.0 Å². The van der Waals surface area contributed by atoms with E-state index in [0.29, 0.717) is 18.7 Å². The molecule has 0 aliphatic carbocycles. The smallest absolute Gasteiger partial charge is 0.127 e. The lowest BCUT2D eigenvalue weighted by Gasteiger charge is -2.13. The van der Waals surface area contributed by atoms with Gasteiger partial charge >= 0.3 is 0 Å². The zero-order chi connectivity index (χ0) is 13.7. The van der Waals surface area contributed by atoms with Crippen LogP contribution in [0, 0.1) is 18.3 Å². The zero-order valence-corrected chi connectivity index (χ0v) is 10.9. The highest BCUT2D eigenvalue weighted by molar-refractivity contribution is 5.41. The Morgan fingerprint density at radius 1 is 1.21 bits per heavy atom. The summed E-state index contributed by atoms with van der Waals surface area (Å²) in [7, 11) is 0. The van der Waals surface area contributed by atoms with Gasteiger partial charge in [0.05, 0.1) is 11.6 Å². The largest absolute Gasteiger partial charge is 0.488 e. The van der Waals surface area contributed by atoms with Gasteiger partial charge in [-0.2, -0.15) is 5.26 Å². The van der Waals surface area contributed by atoms with Crippen molar-refractivity contribution in [2.24, 2.45) is 5.73 Å². The van der Waals surface area contributed by atoms with Gasteiger partial charge in [-0.15, -0.1) is 0 Å². The summed E-state index contributed by atoms with van der Waals surface area (Å²) in [6, 6.07) is 15.5. The summed E-state index contributed by atoms with van der Waals surface area (Å²) in [6.07, 6.45) is 0. The molecule has 2 rings (SSSR count). The number of hydrogen-bond donors (Lipinski definition) is 1. The molecular formula is C16H16N2O. The molecule has 0 aromatic heterocycles. The number of ether oxygens (including phenoxy) is 1. The molecule has 0 aliphatic rings. The van der Waals surface area contributed by atoms with E-state index in [4.69, 9.17) is 15.7 Å². The van der Waals surface area contributed by atoms with E-state index >= 15 is 0 Å². The average molecular weight is 252 g/mol. The lowest BCUT2D eigenvalue weighted by Crippen LogP contribution is -2.04. The summed E-state index contributed by atoms with van der Waals surface area (Å²) in [5, 5.41) is 8.87. The van der Waals surface area contributed by atoms with Crippen LogP contribution in [-0.2, 0) is 13.2 Å². The summed E-state index contributed by atoms with van der Waals surface area (Å²) >= 11 is 0. The van der Waals surface area contributed by atoms with Crippen molar-refractivity contribution in [3.63, 3.8) is 0 Å². The number of benzene rings is 2. The van der Waals surface area contributed by atoms with Crippen LogP contribution in [0.15, 0.2) is 42.5 Å². The first-order chi connectivity index (χ1) is 9.24. The molecule has 0 fully saturated rings. The van der Waals surface area contributed by atoms with Crippen LogP contribution in [0.4, 0.5) is 0 Å². The average Bonchev–Trinajstić information content (AvgIpc) is 2.46. The van der Waals surface area contributed by atoms with Crippen LogP contribution in [0.3, 0.4) is 0 Å². The van der Waals surface area contributed by atoms with Crippen molar-refractivity contribution in [1.29, 1.82) is 5.26 Å². The molecule has 3 heteroatoms. The molecule has 2 aromatic carbocycles. The first-order valence-corrected chi connectivity index (χ1v) is 6.15. The molecule has 0 radical (unpaired) electrons. The maximum Gasteiger partial charge on any atom is 0.127 e. The highest BCUT2D eigenvalue weighted by Gasteiger charge is 2.06. The molecule has 0 spiro atoms. The molecule has 0 amide bonds. The molecule has 2 N–H and O–H groups in total. The normalized spacial score (nSPS) is 9.95. The van der Waals surface area contributed by atoms with Crippen LogP contribution in [-0.4, -0.2) is 0 Å². The van der Waals surface area contributed by atoms with Crippen LogP contribution >= 0.6 is 0 Å². The fraction of sp³-hybridized carbons (Fsp3) is 0.188. The minimum absolute atomic E-state index is 0.438. The summed E-state index contributed by atoms with van der Waals surface area (Å²) < 4.78 is 5.85. The van der Waals surface area contributed by atoms with E-state index in [-0.39, 0.29) is 0 Å². The van der Waals surface area contributed by atoms with Crippen molar-refractivity contribution in [3.05, 3.63) is 64.7 Å². The number of hydrogen-bond acceptors (Lipinski definition) is 3. The van der Waals surface area contributed by atoms with Crippen LogP contribution in [0.5, 0.6) is 5.75 Å². The van der Waals surface area contributed by atoms with Gasteiger partial charge in [0, 0.05) is 12.1 Å². The molecule has 3 nitrogen and oxygen atoms in total. The highest BCUT2D eigenvalue weighted by atomic mass is 16.5. The first kappa shape index (κ1) is 13.1. The first-order valence-electron chi connectivity index (χ1n) is 6.15. The Bertz CT molecular complexity index is 614. The molecule has 0 saturated heterocycles. The third kappa shape index (κ3) is 3.12. The minimum atomic E-state index is 0.438. The number of nitrogens with two attached hydrogens (primary N) is 1. The monoisotopic (exact) mass is 252 g/mol. The Hall–Kier alpha value is -2.31. The second-order valence-electron chi connectivity index (χ2n) is 4.37. The second kappa shape index (κ2) is 6.03. The Balaban J connectivity index is 2.17. The van der Waals surface area contributed by atoms with Gasteiger partial charge in [-0.05, 0) is 30.2 Å². The van der Waals surface area contributed by atoms with Crippen molar-refractivity contribution in [3.8, 4) is 11.8 Å². The summed E-state index contributed by atoms with van der Waals surface area (Å²) in [5.41, 5.74) is 9.40. The Morgan fingerprint density at radius 3 is 2.74 bits per heavy atom. The Morgan fingerprint density at radius 2 is 2.00 bits per heavy atom. The third-order valence-corrected chi connectivity index (χ3v) is 2.95. The van der Waals surface area contributed by atoms with Gasteiger partial charge in [0.2, 0.25) is 0 Å². The lowest BCUT2D eigenvalue weighted by atomic mass is 10.1. The van der Waals surface area contributed by atoms with Gasteiger partial charge in [-0.3, -0.25) is 0 Å². The van der Waals surface area contributed by atoms with Crippen molar-refractivity contribution < 1.29 is 4.74 Å². The van der Waals surface area contributed by atoms with E-state index < -0.39 is 0 Å². The van der Waals surface area contributed by atoms with Gasteiger partial charge < -0.3 is 10.5 Å². The van der Waals surface area contributed by atoms with Crippen molar-refractivity contribution in [2.75, 3.05) is 0 Å². The second-order valence-corrected chi connectivity index (χ2v) is 4.37. The van der Waals surface area contributed by atoms with Crippen LogP contribution < -0.4 is 10.5 Å². The number of para-hydroxylation sites is 1. The van der Waals surface area contributed by atoms with Gasteiger partial charge in [-0.1, -0.05) is 30.3 Å². The van der Waals surface area contributed by atoms with Crippen molar-refractivity contribution in [2.45, 2.75) is 20.1 Å². The molecule has 0 saturated carbocycles. The quantitative estimate of drug-likeness (QED) is 0.910. The maximum atomic E-state index is 8.87. The summed E-state index contributed by atoms with van der Waals surface area (Å²) in [6.45, 7) is 2.89. The van der Waals surface area contributed by atoms with E-state index in [1.165, 1.54) is 0 Å². The Kier molecular flexibility index (Phi) is 4.17. The molecule has 0 bridgehead atoms. The van der Waals surface area contributed by atoms with E-state index in [0.717, 1.165) is 22.4 Å². The third-order valence-electron chi connectivity index (χ3n) is 2.95. The van der Waals surface area contributed by atoms with Crippen molar-refractivity contribution in [1.82, 2.24) is 0 Å². The van der Waals surface area contributed by atoms with Gasteiger partial charge in [0.25, 0.3) is 0 Å². The molecule has 0 atom stereocenters. The van der Waals surface area contributed by atoms with Gasteiger partial charge in [-0.25, -0.2) is 0 Å². The molecule has 0 unspecified atom stereocenters. The van der Waals surface area contributed by atoms with Crippen LogP contribution in [0.1, 0.15) is 22.3 Å². The number of nitrogens with zero attached hydrogens (tertiary/aromatic N) is 1. The van der Waals surface area contributed by atoms with E-state index in [1.807, 2.05) is 43.3 Å². The fourth-order valence-corrected chi connectivity index (χ4v) is 1.97. The fourth-order valence-electron chi connectivity index (χ4n) is 1.97. The maximum absolute atomic E-state index is 8.87. The predicted octanol–water partition coefficient (Wildman–Crippen LogP) is 2.90. The molecule has 0 heterocycles. The number of rotatable bonds is 4. The lowest BCUT2D eigenvalue weighted by molar-refractivity contribution is 0.301. The molecule has 0 aliphatic heterocycles. The molecule has 96 valence electrons. The molecule has 2 aromatic rings. The van der Waals surface area contributed by atoms with E-state index in [9.17, 15) is 0 Å². The standard InChI is InChI=1S/C16H16N2O/c1-12-4-2-7-15(10-18)16(12)19-11-14-6-3-5-13(8-14)9-17/h2-8H,10-11,18H2,1H3. The Labute approximate surface area is 113 Å².